The monoisotopic (exact) mass is 365 g/mol. The molecule has 2 atom stereocenters. The third-order valence-corrected chi connectivity index (χ3v) is 5.68. The molecule has 1 N–H and O–H groups in total. The zero-order valence-corrected chi connectivity index (χ0v) is 17.0. The van der Waals surface area contributed by atoms with Gasteiger partial charge in [-0.05, 0) is 86.8 Å². The van der Waals surface area contributed by atoms with Gasteiger partial charge in [0.15, 0.2) is 6.10 Å². The first-order chi connectivity index (χ1) is 13.0. The van der Waals surface area contributed by atoms with Crippen LogP contribution in [0.1, 0.15) is 67.0 Å². The fraction of sp³-hybridized carbons (Fsp3) is 0.458. The molecule has 0 heterocycles. The molecule has 2 aromatic rings. The highest BCUT2D eigenvalue weighted by atomic mass is 16.5. The van der Waals surface area contributed by atoms with Gasteiger partial charge in [-0.25, -0.2) is 0 Å². The minimum atomic E-state index is -0.515. The summed E-state index contributed by atoms with van der Waals surface area (Å²) in [6, 6.07) is 12.6. The average molecular weight is 366 g/mol. The summed E-state index contributed by atoms with van der Waals surface area (Å²) in [5.74, 6) is 0.808. The van der Waals surface area contributed by atoms with E-state index in [1.807, 2.05) is 19.1 Å². The molecule has 27 heavy (non-hydrogen) atoms. The molecule has 1 amide bonds. The quantitative estimate of drug-likeness (QED) is 0.762. The highest BCUT2D eigenvalue weighted by Crippen LogP contribution is 2.30. The van der Waals surface area contributed by atoms with E-state index in [1.54, 1.807) is 0 Å². The summed E-state index contributed by atoms with van der Waals surface area (Å²) in [7, 11) is 0. The average Bonchev–Trinajstić information content (AvgIpc) is 2.68. The Hall–Kier alpha value is -2.29. The molecule has 0 saturated heterocycles. The van der Waals surface area contributed by atoms with Crippen molar-refractivity contribution < 1.29 is 9.53 Å². The van der Waals surface area contributed by atoms with E-state index in [0.29, 0.717) is 0 Å². The number of carbonyl (C=O) groups excluding carboxylic acids is 1. The van der Waals surface area contributed by atoms with Crippen LogP contribution in [0.4, 0.5) is 0 Å². The van der Waals surface area contributed by atoms with E-state index in [4.69, 9.17) is 4.74 Å². The first-order valence-corrected chi connectivity index (χ1v) is 10.1. The number of amides is 1. The van der Waals surface area contributed by atoms with Crippen molar-refractivity contribution in [1.82, 2.24) is 5.32 Å². The molecule has 1 aliphatic rings. The molecule has 3 rings (SSSR count). The number of rotatable bonds is 6. The van der Waals surface area contributed by atoms with Gasteiger partial charge >= 0.3 is 0 Å². The van der Waals surface area contributed by atoms with E-state index in [2.05, 4.69) is 50.4 Å². The van der Waals surface area contributed by atoms with Crippen LogP contribution in [0.5, 0.6) is 5.75 Å². The first kappa shape index (κ1) is 19.5. The molecule has 0 unspecified atom stereocenters. The van der Waals surface area contributed by atoms with Crippen LogP contribution >= 0.6 is 0 Å². The Labute approximate surface area is 163 Å². The highest BCUT2D eigenvalue weighted by molar-refractivity contribution is 5.81. The van der Waals surface area contributed by atoms with E-state index in [9.17, 15) is 4.79 Å². The Morgan fingerprint density at radius 2 is 1.89 bits per heavy atom. The van der Waals surface area contributed by atoms with Crippen LogP contribution in [-0.4, -0.2) is 12.0 Å². The molecule has 1 aliphatic carbocycles. The van der Waals surface area contributed by atoms with Crippen molar-refractivity contribution >= 4 is 5.91 Å². The maximum absolute atomic E-state index is 12.8. The molecule has 0 bridgehead atoms. The topological polar surface area (TPSA) is 38.3 Å². The Morgan fingerprint density at radius 1 is 1.11 bits per heavy atom. The smallest absolute Gasteiger partial charge is 0.261 e. The van der Waals surface area contributed by atoms with Crippen molar-refractivity contribution in [3.8, 4) is 5.75 Å². The van der Waals surface area contributed by atoms with Gasteiger partial charge in [-0.15, -0.1) is 0 Å². The third kappa shape index (κ3) is 4.52. The summed E-state index contributed by atoms with van der Waals surface area (Å²) in [5, 5.41) is 3.17. The summed E-state index contributed by atoms with van der Waals surface area (Å²) in [4.78, 5) is 12.8. The van der Waals surface area contributed by atoms with E-state index in [0.717, 1.165) is 30.6 Å². The molecule has 0 spiro atoms. The zero-order valence-electron chi connectivity index (χ0n) is 17.0. The number of fused-ring (bicyclic) bond motifs is 1. The molecular formula is C24H31NO2. The minimum absolute atomic E-state index is 0.00698. The fourth-order valence-electron chi connectivity index (χ4n) is 3.79. The van der Waals surface area contributed by atoms with Gasteiger partial charge in [-0.3, -0.25) is 4.79 Å². The van der Waals surface area contributed by atoms with Crippen LogP contribution in [0.3, 0.4) is 0 Å². The Morgan fingerprint density at radius 3 is 2.63 bits per heavy atom. The molecule has 3 nitrogen and oxygen atoms in total. The lowest BCUT2D eigenvalue weighted by Crippen LogP contribution is -2.38. The minimum Gasteiger partial charge on any atom is -0.481 e. The third-order valence-electron chi connectivity index (χ3n) is 5.68. The number of hydrogen-bond donors (Lipinski definition) is 1. The van der Waals surface area contributed by atoms with Crippen molar-refractivity contribution in [2.45, 2.75) is 71.9 Å². The van der Waals surface area contributed by atoms with Gasteiger partial charge < -0.3 is 10.1 Å². The Kier molecular flexibility index (Phi) is 6.20. The standard InChI is InChI=1S/C24H31NO2/c1-5-22(20-14-13-16(2)17(3)15-20)25-24(26)18(4)27-23-12-8-10-19-9-6-7-11-21(19)23/h8,10,12-15,18,22H,5-7,9,11H2,1-4H3,(H,25,26)/t18-,22-/m1/s1. The van der Waals surface area contributed by atoms with Crippen LogP contribution in [0.2, 0.25) is 0 Å². The van der Waals surface area contributed by atoms with Crippen molar-refractivity contribution in [3.05, 3.63) is 64.2 Å². The molecule has 144 valence electrons. The van der Waals surface area contributed by atoms with E-state index < -0.39 is 6.10 Å². The second-order valence-corrected chi connectivity index (χ2v) is 7.67. The van der Waals surface area contributed by atoms with Crippen LogP contribution in [0.25, 0.3) is 0 Å². The molecule has 0 aliphatic heterocycles. The molecule has 0 radical (unpaired) electrons. The maximum atomic E-state index is 12.8. The SMILES string of the molecule is CC[C@@H](NC(=O)[C@@H](C)Oc1cccc2c1CCCC2)c1ccc(C)c(C)c1. The summed E-state index contributed by atoms with van der Waals surface area (Å²) in [6.45, 7) is 8.15. The molecule has 2 aromatic carbocycles. The molecular weight excluding hydrogens is 334 g/mol. The molecule has 0 aromatic heterocycles. The second kappa shape index (κ2) is 8.60. The lowest BCUT2D eigenvalue weighted by molar-refractivity contribution is -0.128. The largest absolute Gasteiger partial charge is 0.481 e. The van der Waals surface area contributed by atoms with Gasteiger partial charge in [-0.1, -0.05) is 37.3 Å². The van der Waals surface area contributed by atoms with Crippen LogP contribution in [0.15, 0.2) is 36.4 Å². The number of nitrogens with one attached hydrogen (secondary N) is 1. The second-order valence-electron chi connectivity index (χ2n) is 7.67. The number of hydrogen-bond acceptors (Lipinski definition) is 2. The zero-order chi connectivity index (χ0) is 19.4. The normalized spacial score (nSPS) is 15.6. The van der Waals surface area contributed by atoms with Crippen molar-refractivity contribution in [1.29, 1.82) is 0 Å². The van der Waals surface area contributed by atoms with Crippen LogP contribution in [0, 0.1) is 13.8 Å². The van der Waals surface area contributed by atoms with E-state index in [1.165, 1.54) is 35.1 Å². The molecule has 0 fully saturated rings. The summed E-state index contributed by atoms with van der Waals surface area (Å²) < 4.78 is 6.09. The van der Waals surface area contributed by atoms with Crippen molar-refractivity contribution in [3.63, 3.8) is 0 Å². The number of benzene rings is 2. The maximum Gasteiger partial charge on any atom is 0.261 e. The van der Waals surface area contributed by atoms with Gasteiger partial charge in [-0.2, -0.15) is 0 Å². The van der Waals surface area contributed by atoms with E-state index in [-0.39, 0.29) is 11.9 Å². The lowest BCUT2D eigenvalue weighted by atomic mass is 9.91. The first-order valence-electron chi connectivity index (χ1n) is 10.1. The fourth-order valence-corrected chi connectivity index (χ4v) is 3.79. The lowest BCUT2D eigenvalue weighted by Gasteiger charge is -2.24. The van der Waals surface area contributed by atoms with Crippen molar-refractivity contribution in [2.24, 2.45) is 0 Å². The number of carbonyl (C=O) groups is 1. The predicted octanol–water partition coefficient (Wildman–Crippen LogP) is 5.22. The summed E-state index contributed by atoms with van der Waals surface area (Å²) >= 11 is 0. The number of aryl methyl sites for hydroxylation is 3. The number of ether oxygens (including phenoxy) is 1. The van der Waals surface area contributed by atoms with Gasteiger partial charge in [0.25, 0.3) is 5.91 Å². The van der Waals surface area contributed by atoms with Gasteiger partial charge in [0.2, 0.25) is 0 Å². The predicted molar refractivity (Wildman–Crippen MR) is 110 cm³/mol. The Balaban J connectivity index is 1.69. The van der Waals surface area contributed by atoms with E-state index >= 15 is 0 Å². The summed E-state index contributed by atoms with van der Waals surface area (Å²) in [5.41, 5.74) is 6.32. The van der Waals surface area contributed by atoms with Gasteiger partial charge in [0.05, 0.1) is 6.04 Å². The van der Waals surface area contributed by atoms with Gasteiger partial charge in [0.1, 0.15) is 5.75 Å². The van der Waals surface area contributed by atoms with Crippen LogP contribution < -0.4 is 10.1 Å². The molecule has 3 heteroatoms. The summed E-state index contributed by atoms with van der Waals surface area (Å²) in [6.07, 6.45) is 4.91. The molecule has 0 saturated carbocycles. The highest BCUT2D eigenvalue weighted by Gasteiger charge is 2.22. The van der Waals surface area contributed by atoms with Crippen molar-refractivity contribution in [2.75, 3.05) is 0 Å². The Bertz CT molecular complexity index is 812. The van der Waals surface area contributed by atoms with Crippen LogP contribution in [-0.2, 0) is 17.6 Å². The van der Waals surface area contributed by atoms with Gasteiger partial charge in [0, 0.05) is 0 Å².